The van der Waals surface area contributed by atoms with Gasteiger partial charge in [0.25, 0.3) is 0 Å². The molecule has 8 heteroatoms. The van der Waals surface area contributed by atoms with Crippen LogP contribution in [-0.2, 0) is 0 Å². The molecule has 7 nitrogen and oxygen atoms in total. The number of piperazine rings is 1. The zero-order chi connectivity index (χ0) is 19.8. The van der Waals surface area contributed by atoms with Crippen LogP contribution in [0.3, 0.4) is 0 Å². The number of fused-ring (bicyclic) bond motifs is 1. The van der Waals surface area contributed by atoms with Crippen molar-refractivity contribution in [2.45, 2.75) is 24.9 Å². The van der Waals surface area contributed by atoms with Crippen molar-refractivity contribution >= 4 is 17.4 Å². The fourth-order valence-electron chi connectivity index (χ4n) is 4.43. The molecule has 2 saturated heterocycles. The van der Waals surface area contributed by atoms with Gasteiger partial charge in [-0.05, 0) is 25.0 Å². The molecule has 5 rings (SSSR count). The van der Waals surface area contributed by atoms with Crippen molar-refractivity contribution in [1.29, 1.82) is 5.26 Å². The van der Waals surface area contributed by atoms with Crippen LogP contribution in [0.1, 0.15) is 30.3 Å². The molecule has 0 N–H and O–H groups in total. The van der Waals surface area contributed by atoms with Crippen molar-refractivity contribution in [2.75, 3.05) is 24.5 Å². The Balaban J connectivity index is 1.33. The summed E-state index contributed by atoms with van der Waals surface area (Å²) >= 11 is 6.10. The molecule has 0 saturated carbocycles. The average Bonchev–Trinajstić information content (AvgIpc) is 3.40. The molecule has 4 heterocycles. The second kappa shape index (κ2) is 7.47. The van der Waals surface area contributed by atoms with Gasteiger partial charge in [0, 0.05) is 54.7 Å². The molecule has 0 spiro atoms. The summed E-state index contributed by atoms with van der Waals surface area (Å²) in [6, 6.07) is 12.4. The molecule has 0 radical (unpaired) electrons. The van der Waals surface area contributed by atoms with E-state index < -0.39 is 0 Å². The summed E-state index contributed by atoms with van der Waals surface area (Å²) in [7, 11) is 0. The number of rotatable bonds is 3. The molecular weight excluding hydrogens is 388 g/mol. The minimum Gasteiger partial charge on any atom is -0.356 e. The molecule has 29 heavy (non-hydrogen) atoms. The van der Waals surface area contributed by atoms with Gasteiger partial charge in [0.1, 0.15) is 11.8 Å². The van der Waals surface area contributed by atoms with E-state index in [1.807, 2.05) is 30.3 Å². The Morgan fingerprint density at radius 2 is 2.03 bits per heavy atom. The first-order chi connectivity index (χ1) is 14.2. The minimum atomic E-state index is 0.246. The summed E-state index contributed by atoms with van der Waals surface area (Å²) < 4.78 is 5.62. The van der Waals surface area contributed by atoms with E-state index in [0.717, 1.165) is 49.5 Å². The van der Waals surface area contributed by atoms with E-state index in [0.29, 0.717) is 22.6 Å². The quantitative estimate of drug-likeness (QED) is 0.656. The van der Waals surface area contributed by atoms with Crippen LogP contribution in [0.15, 0.2) is 47.2 Å². The zero-order valence-corrected chi connectivity index (χ0v) is 16.5. The maximum atomic E-state index is 9.32. The van der Waals surface area contributed by atoms with Gasteiger partial charge in [0.2, 0.25) is 0 Å². The highest BCUT2D eigenvalue weighted by Crippen LogP contribution is 2.39. The smallest absolute Gasteiger partial charge is 0.183 e. The molecule has 2 atom stereocenters. The summed E-state index contributed by atoms with van der Waals surface area (Å²) in [6.45, 7) is 2.53. The van der Waals surface area contributed by atoms with Gasteiger partial charge in [0.15, 0.2) is 17.3 Å². The van der Waals surface area contributed by atoms with Crippen LogP contribution in [0.25, 0.3) is 11.3 Å². The van der Waals surface area contributed by atoms with E-state index >= 15 is 0 Å². The van der Waals surface area contributed by atoms with Gasteiger partial charge in [-0.2, -0.15) is 5.26 Å². The molecule has 0 bridgehead atoms. The normalized spacial score (nSPS) is 21.7. The van der Waals surface area contributed by atoms with Crippen molar-refractivity contribution in [3.05, 3.63) is 59.1 Å². The summed E-state index contributed by atoms with van der Waals surface area (Å²) in [5.41, 5.74) is 2.29. The van der Waals surface area contributed by atoms with Crippen LogP contribution >= 0.6 is 11.6 Å². The third kappa shape index (κ3) is 3.35. The van der Waals surface area contributed by atoms with Gasteiger partial charge in [-0.1, -0.05) is 28.9 Å². The molecule has 2 aromatic heterocycles. The summed E-state index contributed by atoms with van der Waals surface area (Å²) in [4.78, 5) is 13.2. The molecule has 1 aromatic carbocycles. The Labute approximate surface area is 173 Å². The lowest BCUT2D eigenvalue weighted by Gasteiger charge is -2.40. The highest BCUT2D eigenvalue weighted by molar-refractivity contribution is 6.30. The SMILES string of the molecule is N#Cc1nccnc1N1CCN2[C@@H](CC[C@@H]2c2cc(-c3cccc(Cl)c3)on2)C1. The van der Waals surface area contributed by atoms with Gasteiger partial charge in [-0.3, -0.25) is 4.90 Å². The molecule has 3 aromatic rings. The Kier molecular flexibility index (Phi) is 4.66. The number of hydrogen-bond acceptors (Lipinski definition) is 7. The topological polar surface area (TPSA) is 82.1 Å². The van der Waals surface area contributed by atoms with Crippen LogP contribution in [-0.4, -0.2) is 45.7 Å². The lowest BCUT2D eigenvalue weighted by molar-refractivity contribution is 0.170. The number of anilines is 1. The Bertz CT molecular complexity index is 1080. The van der Waals surface area contributed by atoms with Crippen LogP contribution in [0.4, 0.5) is 5.82 Å². The number of hydrogen-bond donors (Lipinski definition) is 0. The Hall–Kier alpha value is -2.95. The van der Waals surface area contributed by atoms with Crippen molar-refractivity contribution < 1.29 is 4.52 Å². The molecule has 146 valence electrons. The second-order valence-corrected chi connectivity index (χ2v) is 7.83. The third-order valence-electron chi connectivity index (χ3n) is 5.77. The number of aromatic nitrogens is 3. The van der Waals surface area contributed by atoms with Gasteiger partial charge in [-0.25, -0.2) is 9.97 Å². The van der Waals surface area contributed by atoms with Gasteiger partial charge in [-0.15, -0.1) is 0 Å². The summed E-state index contributed by atoms with van der Waals surface area (Å²) in [5.74, 6) is 1.42. The van der Waals surface area contributed by atoms with Crippen molar-refractivity contribution in [1.82, 2.24) is 20.0 Å². The van der Waals surface area contributed by atoms with Crippen LogP contribution < -0.4 is 4.90 Å². The highest BCUT2D eigenvalue weighted by atomic mass is 35.5. The number of nitriles is 1. The van der Waals surface area contributed by atoms with E-state index in [9.17, 15) is 5.26 Å². The maximum absolute atomic E-state index is 9.32. The average molecular weight is 407 g/mol. The standard InChI is InChI=1S/C21H19ClN6O/c22-15-3-1-2-14(10-15)20-11-17(26-29-20)19-5-4-16-13-27(8-9-28(16)19)21-18(12-23)24-6-7-25-21/h1-3,6-7,10-11,16,19H,4-5,8-9,13H2/t16-,19+/m0/s1. The first-order valence-electron chi connectivity index (χ1n) is 9.67. The number of nitrogens with zero attached hydrogens (tertiary/aromatic N) is 6. The maximum Gasteiger partial charge on any atom is 0.183 e. The zero-order valence-electron chi connectivity index (χ0n) is 15.7. The van der Waals surface area contributed by atoms with E-state index in [2.05, 4.69) is 31.0 Å². The lowest BCUT2D eigenvalue weighted by atomic mass is 10.1. The van der Waals surface area contributed by atoms with Gasteiger partial charge in [0.05, 0.1) is 6.04 Å². The molecule has 0 unspecified atom stereocenters. The van der Waals surface area contributed by atoms with Crippen molar-refractivity contribution in [2.24, 2.45) is 0 Å². The fraction of sp³-hybridized carbons (Fsp3) is 0.333. The fourth-order valence-corrected chi connectivity index (χ4v) is 4.62. The lowest BCUT2D eigenvalue weighted by Crippen LogP contribution is -2.51. The number of benzene rings is 1. The van der Waals surface area contributed by atoms with E-state index in [4.69, 9.17) is 16.1 Å². The summed E-state index contributed by atoms with van der Waals surface area (Å²) in [5, 5.41) is 14.4. The molecule has 2 aliphatic heterocycles. The largest absolute Gasteiger partial charge is 0.356 e. The summed E-state index contributed by atoms with van der Waals surface area (Å²) in [6.07, 6.45) is 5.31. The molecule has 0 aliphatic carbocycles. The van der Waals surface area contributed by atoms with Gasteiger partial charge >= 0.3 is 0 Å². The van der Waals surface area contributed by atoms with Gasteiger partial charge < -0.3 is 9.42 Å². The second-order valence-electron chi connectivity index (χ2n) is 7.40. The Morgan fingerprint density at radius 1 is 1.14 bits per heavy atom. The van der Waals surface area contributed by atoms with Crippen LogP contribution in [0, 0.1) is 11.3 Å². The predicted molar refractivity (Wildman–Crippen MR) is 108 cm³/mol. The first kappa shape index (κ1) is 18.1. The molecule has 0 amide bonds. The first-order valence-corrected chi connectivity index (χ1v) is 10.0. The van der Waals surface area contributed by atoms with E-state index in [1.165, 1.54) is 0 Å². The molecular formula is C21H19ClN6O. The minimum absolute atomic E-state index is 0.246. The number of halogens is 1. The Morgan fingerprint density at radius 3 is 2.90 bits per heavy atom. The van der Waals surface area contributed by atoms with Crippen LogP contribution in [0.2, 0.25) is 5.02 Å². The highest BCUT2D eigenvalue weighted by Gasteiger charge is 2.40. The van der Waals surface area contributed by atoms with Crippen LogP contribution in [0.5, 0.6) is 0 Å². The van der Waals surface area contributed by atoms with E-state index in [1.54, 1.807) is 12.4 Å². The van der Waals surface area contributed by atoms with Crippen molar-refractivity contribution in [3.8, 4) is 17.4 Å². The molecule has 2 aliphatic rings. The molecule has 2 fully saturated rings. The van der Waals surface area contributed by atoms with Crippen molar-refractivity contribution in [3.63, 3.8) is 0 Å². The third-order valence-corrected chi connectivity index (χ3v) is 6.00. The predicted octanol–water partition coefficient (Wildman–Crippen LogP) is 3.68. The van der Waals surface area contributed by atoms with E-state index in [-0.39, 0.29) is 6.04 Å². The monoisotopic (exact) mass is 406 g/mol.